The van der Waals surface area contributed by atoms with Gasteiger partial charge in [0.2, 0.25) is 0 Å². The Bertz CT molecular complexity index is 404. The smallest absolute Gasteiger partial charge is 0.165 e. The summed E-state index contributed by atoms with van der Waals surface area (Å²) in [6.45, 7) is 2.42. The highest BCUT2D eigenvalue weighted by molar-refractivity contribution is 5.46. The van der Waals surface area contributed by atoms with Crippen molar-refractivity contribution in [3.8, 4) is 0 Å². The first-order chi connectivity index (χ1) is 5.83. The van der Waals surface area contributed by atoms with E-state index in [1.54, 1.807) is 0 Å². The SMILES string of the molecule is Cc1nnc2c(CN)cccn12. The van der Waals surface area contributed by atoms with Crippen molar-refractivity contribution in [3.05, 3.63) is 29.7 Å². The molecule has 0 aromatic carbocycles. The van der Waals surface area contributed by atoms with Gasteiger partial charge in [0.25, 0.3) is 0 Å². The van der Waals surface area contributed by atoms with E-state index in [2.05, 4.69) is 10.2 Å². The maximum absolute atomic E-state index is 5.54. The van der Waals surface area contributed by atoms with Gasteiger partial charge in [-0.3, -0.25) is 4.40 Å². The molecule has 2 heterocycles. The van der Waals surface area contributed by atoms with Gasteiger partial charge in [0.1, 0.15) is 5.82 Å². The van der Waals surface area contributed by atoms with Crippen LogP contribution in [0.1, 0.15) is 11.4 Å². The molecule has 12 heavy (non-hydrogen) atoms. The number of pyridine rings is 1. The molecular formula is C8H10N4. The summed E-state index contributed by atoms with van der Waals surface area (Å²) < 4.78 is 1.93. The zero-order chi connectivity index (χ0) is 8.55. The highest BCUT2D eigenvalue weighted by atomic mass is 15.2. The molecule has 0 atom stereocenters. The Morgan fingerprint density at radius 3 is 3.08 bits per heavy atom. The molecule has 2 N–H and O–H groups in total. The van der Waals surface area contributed by atoms with Crippen LogP contribution in [0.4, 0.5) is 0 Å². The molecule has 0 saturated carbocycles. The minimum absolute atomic E-state index is 0.502. The summed E-state index contributed by atoms with van der Waals surface area (Å²) in [5, 5.41) is 7.98. The highest BCUT2D eigenvalue weighted by Gasteiger charge is 2.03. The van der Waals surface area contributed by atoms with Crippen LogP contribution in [-0.2, 0) is 6.54 Å². The quantitative estimate of drug-likeness (QED) is 0.664. The Morgan fingerprint density at radius 1 is 1.50 bits per heavy atom. The van der Waals surface area contributed by atoms with E-state index in [0.29, 0.717) is 6.54 Å². The van der Waals surface area contributed by atoms with Gasteiger partial charge >= 0.3 is 0 Å². The van der Waals surface area contributed by atoms with Crippen LogP contribution in [0.15, 0.2) is 18.3 Å². The molecule has 0 unspecified atom stereocenters. The number of aryl methyl sites for hydroxylation is 1. The molecule has 62 valence electrons. The Hall–Kier alpha value is -1.42. The van der Waals surface area contributed by atoms with E-state index in [-0.39, 0.29) is 0 Å². The first kappa shape index (κ1) is 7.24. The van der Waals surface area contributed by atoms with E-state index in [4.69, 9.17) is 5.73 Å². The van der Waals surface area contributed by atoms with E-state index in [0.717, 1.165) is 17.0 Å². The molecule has 0 aliphatic carbocycles. The number of aromatic nitrogens is 3. The lowest BCUT2D eigenvalue weighted by Crippen LogP contribution is -1.99. The lowest BCUT2D eigenvalue weighted by molar-refractivity contribution is 1.00. The van der Waals surface area contributed by atoms with Gasteiger partial charge in [-0.15, -0.1) is 10.2 Å². The van der Waals surface area contributed by atoms with E-state index in [9.17, 15) is 0 Å². The predicted octanol–water partition coefficient (Wildman–Crippen LogP) is 0.496. The van der Waals surface area contributed by atoms with Crippen LogP contribution in [0, 0.1) is 6.92 Å². The van der Waals surface area contributed by atoms with Gasteiger partial charge in [-0.2, -0.15) is 0 Å². The van der Waals surface area contributed by atoms with Crippen molar-refractivity contribution in [2.24, 2.45) is 5.73 Å². The Kier molecular flexibility index (Phi) is 1.55. The maximum Gasteiger partial charge on any atom is 0.165 e. The molecule has 0 amide bonds. The van der Waals surface area contributed by atoms with Crippen molar-refractivity contribution in [2.45, 2.75) is 13.5 Å². The van der Waals surface area contributed by atoms with Crippen LogP contribution in [0.2, 0.25) is 0 Å². The van der Waals surface area contributed by atoms with Crippen LogP contribution in [-0.4, -0.2) is 14.6 Å². The number of fused-ring (bicyclic) bond motifs is 1. The number of rotatable bonds is 1. The summed E-state index contributed by atoms with van der Waals surface area (Å²) >= 11 is 0. The van der Waals surface area contributed by atoms with Gasteiger partial charge in [0.05, 0.1) is 0 Å². The minimum atomic E-state index is 0.502. The Labute approximate surface area is 70.0 Å². The van der Waals surface area contributed by atoms with Crippen molar-refractivity contribution in [2.75, 3.05) is 0 Å². The molecule has 4 heteroatoms. The average molecular weight is 162 g/mol. The Morgan fingerprint density at radius 2 is 2.33 bits per heavy atom. The fourth-order valence-corrected chi connectivity index (χ4v) is 1.25. The zero-order valence-corrected chi connectivity index (χ0v) is 6.86. The largest absolute Gasteiger partial charge is 0.326 e. The molecule has 2 rings (SSSR count). The third-order valence-corrected chi connectivity index (χ3v) is 1.91. The molecule has 0 saturated heterocycles. The standard InChI is InChI=1S/C8H10N4/c1-6-10-11-8-7(5-9)3-2-4-12(6)8/h2-4H,5,9H2,1H3. The van der Waals surface area contributed by atoms with E-state index >= 15 is 0 Å². The molecule has 0 aliphatic rings. The van der Waals surface area contributed by atoms with Crippen LogP contribution in [0.25, 0.3) is 5.65 Å². The van der Waals surface area contributed by atoms with E-state index < -0.39 is 0 Å². The topological polar surface area (TPSA) is 56.2 Å². The van der Waals surface area contributed by atoms with Gasteiger partial charge in [0.15, 0.2) is 5.65 Å². The normalized spacial score (nSPS) is 10.8. The van der Waals surface area contributed by atoms with Crippen LogP contribution in [0.3, 0.4) is 0 Å². The lowest BCUT2D eigenvalue weighted by atomic mass is 10.3. The van der Waals surface area contributed by atoms with E-state index in [1.165, 1.54) is 0 Å². The van der Waals surface area contributed by atoms with Gasteiger partial charge in [-0.25, -0.2) is 0 Å². The molecule has 4 nitrogen and oxygen atoms in total. The van der Waals surface area contributed by atoms with Crippen LogP contribution >= 0.6 is 0 Å². The average Bonchev–Trinajstić information content (AvgIpc) is 2.48. The summed E-state index contributed by atoms with van der Waals surface area (Å²) in [7, 11) is 0. The maximum atomic E-state index is 5.54. The number of nitrogens with zero attached hydrogens (tertiary/aromatic N) is 3. The van der Waals surface area contributed by atoms with Gasteiger partial charge < -0.3 is 5.73 Å². The van der Waals surface area contributed by atoms with E-state index in [1.807, 2.05) is 29.7 Å². The second-order valence-electron chi connectivity index (χ2n) is 2.68. The van der Waals surface area contributed by atoms with Gasteiger partial charge in [-0.05, 0) is 13.0 Å². The number of hydrogen-bond donors (Lipinski definition) is 1. The summed E-state index contributed by atoms with van der Waals surface area (Å²) in [6.07, 6.45) is 1.93. The molecule has 2 aromatic heterocycles. The monoisotopic (exact) mass is 162 g/mol. The third kappa shape index (κ3) is 0.887. The second-order valence-corrected chi connectivity index (χ2v) is 2.68. The fraction of sp³-hybridized carbons (Fsp3) is 0.250. The number of hydrogen-bond acceptors (Lipinski definition) is 3. The predicted molar refractivity (Wildman–Crippen MR) is 45.6 cm³/mol. The molecule has 0 fully saturated rings. The molecule has 2 aromatic rings. The molecule has 0 aliphatic heterocycles. The number of nitrogens with two attached hydrogens (primary N) is 1. The summed E-state index contributed by atoms with van der Waals surface area (Å²) in [4.78, 5) is 0. The van der Waals surface area contributed by atoms with Gasteiger partial charge in [-0.1, -0.05) is 6.07 Å². The van der Waals surface area contributed by atoms with Crippen molar-refractivity contribution in [1.29, 1.82) is 0 Å². The minimum Gasteiger partial charge on any atom is -0.326 e. The zero-order valence-electron chi connectivity index (χ0n) is 6.86. The first-order valence-corrected chi connectivity index (χ1v) is 3.82. The third-order valence-electron chi connectivity index (χ3n) is 1.91. The van der Waals surface area contributed by atoms with Crippen LogP contribution < -0.4 is 5.73 Å². The first-order valence-electron chi connectivity index (χ1n) is 3.82. The lowest BCUT2D eigenvalue weighted by Gasteiger charge is -1.98. The molecule has 0 bridgehead atoms. The van der Waals surface area contributed by atoms with Crippen molar-refractivity contribution in [1.82, 2.24) is 14.6 Å². The fourth-order valence-electron chi connectivity index (χ4n) is 1.25. The summed E-state index contributed by atoms with van der Waals surface area (Å²) in [6, 6.07) is 3.91. The molecule has 0 radical (unpaired) electrons. The van der Waals surface area contributed by atoms with Crippen molar-refractivity contribution < 1.29 is 0 Å². The Balaban J connectivity index is 2.81. The highest BCUT2D eigenvalue weighted by Crippen LogP contribution is 2.08. The molecule has 0 spiro atoms. The second kappa shape index (κ2) is 2.57. The van der Waals surface area contributed by atoms with Gasteiger partial charge in [0, 0.05) is 18.3 Å². The summed E-state index contributed by atoms with van der Waals surface area (Å²) in [5.41, 5.74) is 7.43. The van der Waals surface area contributed by atoms with Crippen molar-refractivity contribution >= 4 is 5.65 Å². The summed E-state index contributed by atoms with van der Waals surface area (Å²) in [5.74, 6) is 0.889. The van der Waals surface area contributed by atoms with Crippen LogP contribution in [0.5, 0.6) is 0 Å². The molecular weight excluding hydrogens is 152 g/mol. The van der Waals surface area contributed by atoms with Crippen molar-refractivity contribution in [3.63, 3.8) is 0 Å².